The minimum atomic E-state index is -0.367. The van der Waals surface area contributed by atoms with Crippen molar-refractivity contribution in [2.75, 3.05) is 40.4 Å². The van der Waals surface area contributed by atoms with Gasteiger partial charge in [0.2, 0.25) is 0 Å². The monoisotopic (exact) mass is 274 g/mol. The number of likely N-dealkylation sites (N-methyl/N-ethyl adjacent to an activating group) is 1. The summed E-state index contributed by atoms with van der Waals surface area (Å²) in [6, 6.07) is 4.87. The maximum Gasteiger partial charge on any atom is 0.142 e. The zero-order valence-electron chi connectivity index (χ0n) is 10.9. The summed E-state index contributed by atoms with van der Waals surface area (Å²) in [6.07, 6.45) is 0. The van der Waals surface area contributed by atoms with E-state index in [0.29, 0.717) is 6.54 Å². The number of hydrogen-bond donors (Lipinski definition) is 1. The highest BCUT2D eigenvalue weighted by molar-refractivity contribution is 6.30. The highest BCUT2D eigenvalue weighted by Crippen LogP contribution is 2.15. The van der Waals surface area contributed by atoms with Gasteiger partial charge in [-0.1, -0.05) is 17.7 Å². The van der Waals surface area contributed by atoms with Gasteiger partial charge in [-0.3, -0.25) is 0 Å². The molecule has 0 bridgehead atoms. The van der Waals surface area contributed by atoms with Crippen LogP contribution in [0.15, 0.2) is 18.2 Å². The lowest BCUT2D eigenvalue weighted by Crippen LogP contribution is -2.31. The molecule has 1 aromatic carbocycles. The molecule has 0 saturated carbocycles. The molecular formula is C13H20ClFN2O. The zero-order chi connectivity index (χ0) is 13.4. The van der Waals surface area contributed by atoms with Gasteiger partial charge in [-0.05, 0) is 24.7 Å². The Hall–Kier alpha value is -0.680. The second-order valence-electron chi connectivity index (χ2n) is 4.22. The molecule has 18 heavy (non-hydrogen) atoms. The van der Waals surface area contributed by atoms with Gasteiger partial charge >= 0.3 is 0 Å². The molecule has 0 radical (unpaired) electrons. The van der Waals surface area contributed by atoms with Crippen molar-refractivity contribution in [1.82, 2.24) is 10.2 Å². The first kappa shape index (κ1) is 15.4. The standard InChI is InChI=1S/C13H20ClFN2O/c1-17(7-8-18-2)6-5-16-10-11-3-4-12(14)13(15)9-11/h3-4,9,16H,5-8,10H2,1-2H3. The molecule has 0 amide bonds. The highest BCUT2D eigenvalue weighted by Gasteiger charge is 2.01. The van der Waals surface area contributed by atoms with E-state index in [1.807, 2.05) is 13.1 Å². The molecule has 1 N–H and O–H groups in total. The molecule has 3 nitrogen and oxygen atoms in total. The van der Waals surface area contributed by atoms with Gasteiger partial charge in [0.05, 0.1) is 11.6 Å². The van der Waals surface area contributed by atoms with Crippen molar-refractivity contribution in [3.8, 4) is 0 Å². The van der Waals surface area contributed by atoms with E-state index in [9.17, 15) is 4.39 Å². The van der Waals surface area contributed by atoms with E-state index in [-0.39, 0.29) is 10.8 Å². The molecule has 0 unspecified atom stereocenters. The summed E-state index contributed by atoms with van der Waals surface area (Å²) in [4.78, 5) is 2.18. The van der Waals surface area contributed by atoms with E-state index < -0.39 is 0 Å². The number of ether oxygens (including phenoxy) is 1. The molecule has 0 saturated heterocycles. The first-order chi connectivity index (χ1) is 8.63. The van der Waals surface area contributed by atoms with Crippen LogP contribution in [0.5, 0.6) is 0 Å². The Balaban J connectivity index is 2.19. The SMILES string of the molecule is COCCN(C)CCNCc1ccc(Cl)c(F)c1. The van der Waals surface area contributed by atoms with E-state index in [1.165, 1.54) is 6.07 Å². The summed E-state index contributed by atoms with van der Waals surface area (Å²) in [5.41, 5.74) is 0.899. The van der Waals surface area contributed by atoms with Gasteiger partial charge in [-0.25, -0.2) is 4.39 Å². The van der Waals surface area contributed by atoms with Crippen LogP contribution in [0.1, 0.15) is 5.56 Å². The second kappa shape index (κ2) is 8.43. The van der Waals surface area contributed by atoms with Gasteiger partial charge < -0.3 is 15.0 Å². The number of rotatable bonds is 8. The van der Waals surface area contributed by atoms with Crippen LogP contribution in [0, 0.1) is 5.82 Å². The normalized spacial score (nSPS) is 11.2. The second-order valence-corrected chi connectivity index (χ2v) is 4.63. The molecule has 0 atom stereocenters. The largest absolute Gasteiger partial charge is 0.383 e. The predicted octanol–water partition coefficient (Wildman–Crippen LogP) is 2.15. The van der Waals surface area contributed by atoms with Crippen LogP contribution in [0.2, 0.25) is 5.02 Å². The van der Waals surface area contributed by atoms with E-state index >= 15 is 0 Å². The third-order valence-corrected chi connectivity index (χ3v) is 2.97. The Bertz CT molecular complexity index is 363. The van der Waals surface area contributed by atoms with E-state index in [0.717, 1.165) is 31.8 Å². The Labute approximate surface area is 113 Å². The van der Waals surface area contributed by atoms with E-state index in [4.69, 9.17) is 16.3 Å². The lowest BCUT2D eigenvalue weighted by molar-refractivity contribution is 0.161. The highest BCUT2D eigenvalue weighted by atomic mass is 35.5. The zero-order valence-corrected chi connectivity index (χ0v) is 11.6. The maximum atomic E-state index is 13.2. The van der Waals surface area contributed by atoms with Gasteiger partial charge in [0.15, 0.2) is 0 Å². The van der Waals surface area contributed by atoms with Crippen LogP contribution in [0.3, 0.4) is 0 Å². The Morgan fingerprint density at radius 1 is 1.39 bits per heavy atom. The van der Waals surface area contributed by atoms with Gasteiger partial charge in [-0.15, -0.1) is 0 Å². The third-order valence-electron chi connectivity index (χ3n) is 2.66. The van der Waals surface area contributed by atoms with E-state index in [1.54, 1.807) is 13.2 Å². The van der Waals surface area contributed by atoms with Crippen LogP contribution in [-0.2, 0) is 11.3 Å². The van der Waals surface area contributed by atoms with Crippen molar-refractivity contribution in [2.45, 2.75) is 6.54 Å². The molecule has 0 aliphatic carbocycles. The van der Waals surface area contributed by atoms with Crippen LogP contribution in [0.25, 0.3) is 0 Å². The third kappa shape index (κ3) is 5.78. The van der Waals surface area contributed by atoms with Crippen LogP contribution in [0.4, 0.5) is 4.39 Å². The number of hydrogen-bond acceptors (Lipinski definition) is 3. The topological polar surface area (TPSA) is 24.5 Å². The summed E-state index contributed by atoms with van der Waals surface area (Å²) in [5, 5.41) is 3.43. The minimum absolute atomic E-state index is 0.165. The fraction of sp³-hybridized carbons (Fsp3) is 0.538. The molecule has 0 fully saturated rings. The number of halogens is 2. The molecule has 0 aromatic heterocycles. The van der Waals surface area contributed by atoms with Crippen molar-refractivity contribution < 1.29 is 9.13 Å². The summed E-state index contributed by atoms with van der Waals surface area (Å²) in [7, 11) is 3.74. The Morgan fingerprint density at radius 2 is 2.17 bits per heavy atom. The molecule has 5 heteroatoms. The molecule has 1 rings (SSSR count). The van der Waals surface area contributed by atoms with Crippen LogP contribution in [-0.4, -0.2) is 45.3 Å². The Morgan fingerprint density at radius 3 is 2.83 bits per heavy atom. The first-order valence-electron chi connectivity index (χ1n) is 5.95. The number of benzene rings is 1. The summed E-state index contributed by atoms with van der Waals surface area (Å²) in [6.45, 7) is 4.07. The molecule has 102 valence electrons. The average molecular weight is 275 g/mol. The van der Waals surface area contributed by atoms with Crippen molar-refractivity contribution in [3.05, 3.63) is 34.6 Å². The minimum Gasteiger partial charge on any atom is -0.383 e. The van der Waals surface area contributed by atoms with Crippen LogP contribution >= 0.6 is 11.6 Å². The molecule has 0 spiro atoms. The summed E-state index contributed by atoms with van der Waals surface area (Å²) < 4.78 is 18.2. The Kier molecular flexibility index (Phi) is 7.20. The average Bonchev–Trinajstić information content (AvgIpc) is 2.36. The smallest absolute Gasteiger partial charge is 0.142 e. The van der Waals surface area contributed by atoms with Crippen molar-refractivity contribution in [2.24, 2.45) is 0 Å². The fourth-order valence-electron chi connectivity index (χ4n) is 1.51. The van der Waals surface area contributed by atoms with Gasteiger partial charge in [0.25, 0.3) is 0 Å². The number of nitrogens with one attached hydrogen (secondary N) is 1. The lowest BCUT2D eigenvalue weighted by atomic mass is 10.2. The maximum absolute atomic E-state index is 13.2. The predicted molar refractivity (Wildman–Crippen MR) is 72.5 cm³/mol. The van der Waals surface area contributed by atoms with Gasteiger partial charge in [0, 0.05) is 33.3 Å². The molecule has 1 aromatic rings. The molecule has 0 heterocycles. The quantitative estimate of drug-likeness (QED) is 0.735. The molecule has 0 aliphatic rings. The fourth-order valence-corrected chi connectivity index (χ4v) is 1.63. The lowest BCUT2D eigenvalue weighted by Gasteiger charge is -2.16. The molecular weight excluding hydrogens is 255 g/mol. The number of nitrogens with zero attached hydrogens (tertiary/aromatic N) is 1. The summed E-state index contributed by atoms with van der Waals surface area (Å²) >= 11 is 5.62. The number of methoxy groups -OCH3 is 1. The van der Waals surface area contributed by atoms with Crippen molar-refractivity contribution in [1.29, 1.82) is 0 Å². The first-order valence-corrected chi connectivity index (χ1v) is 6.33. The molecule has 0 aliphatic heterocycles. The van der Waals surface area contributed by atoms with Gasteiger partial charge in [0.1, 0.15) is 5.82 Å². The summed E-state index contributed by atoms with van der Waals surface area (Å²) in [5.74, 6) is -0.367. The van der Waals surface area contributed by atoms with E-state index in [2.05, 4.69) is 10.2 Å². The van der Waals surface area contributed by atoms with Gasteiger partial charge in [-0.2, -0.15) is 0 Å². The van der Waals surface area contributed by atoms with Crippen molar-refractivity contribution >= 4 is 11.6 Å². The van der Waals surface area contributed by atoms with Crippen molar-refractivity contribution in [3.63, 3.8) is 0 Å². The van der Waals surface area contributed by atoms with Crippen LogP contribution < -0.4 is 5.32 Å².